The van der Waals surface area contributed by atoms with Crippen LogP contribution in [0.1, 0.15) is 24.1 Å². The predicted octanol–water partition coefficient (Wildman–Crippen LogP) is 3.96. The van der Waals surface area contributed by atoms with Crippen LogP contribution in [0, 0.1) is 6.92 Å². The Labute approximate surface area is 118 Å². The van der Waals surface area contributed by atoms with Crippen molar-refractivity contribution in [2.24, 2.45) is 0 Å². The predicted molar refractivity (Wildman–Crippen MR) is 79.3 cm³/mol. The zero-order chi connectivity index (χ0) is 13.2. The van der Waals surface area contributed by atoms with Gasteiger partial charge >= 0.3 is 0 Å². The van der Waals surface area contributed by atoms with Gasteiger partial charge in [-0.15, -0.1) is 0 Å². The number of aryl methyl sites for hydroxylation is 1. The molecule has 1 saturated carbocycles. The van der Waals surface area contributed by atoms with Crippen LogP contribution in [0.5, 0.6) is 0 Å². The third kappa shape index (κ3) is 3.14. The minimum absolute atomic E-state index is 0.708. The standard InChI is InChI=1S/C16H17ClN2/c1-11-2-3-12(9-18-11)16-8-14(17)5-4-13(16)10-19-15-6-7-15/h2-5,8-9,15,19H,6-7,10H2,1H3. The number of aromatic nitrogens is 1. The zero-order valence-corrected chi connectivity index (χ0v) is 11.7. The molecular weight excluding hydrogens is 256 g/mol. The first kappa shape index (κ1) is 12.6. The quantitative estimate of drug-likeness (QED) is 0.911. The van der Waals surface area contributed by atoms with E-state index in [4.69, 9.17) is 11.6 Å². The second-order valence-electron chi connectivity index (χ2n) is 5.14. The van der Waals surface area contributed by atoms with Gasteiger partial charge in [0.15, 0.2) is 0 Å². The van der Waals surface area contributed by atoms with Gasteiger partial charge in [0.05, 0.1) is 0 Å². The Morgan fingerprint density at radius 2 is 2.11 bits per heavy atom. The number of hydrogen-bond acceptors (Lipinski definition) is 2. The highest BCUT2D eigenvalue weighted by Crippen LogP contribution is 2.28. The van der Waals surface area contributed by atoms with Gasteiger partial charge in [-0.2, -0.15) is 0 Å². The average Bonchev–Trinajstić information content (AvgIpc) is 3.22. The van der Waals surface area contributed by atoms with Gasteiger partial charge in [-0.3, -0.25) is 4.98 Å². The van der Waals surface area contributed by atoms with E-state index in [0.717, 1.165) is 22.8 Å². The van der Waals surface area contributed by atoms with Crippen LogP contribution in [0.15, 0.2) is 36.5 Å². The summed E-state index contributed by atoms with van der Waals surface area (Å²) in [6.45, 7) is 2.89. The highest BCUT2D eigenvalue weighted by molar-refractivity contribution is 6.30. The van der Waals surface area contributed by atoms with E-state index in [9.17, 15) is 0 Å². The van der Waals surface area contributed by atoms with Gasteiger partial charge in [0.25, 0.3) is 0 Å². The largest absolute Gasteiger partial charge is 0.310 e. The Hall–Kier alpha value is -1.38. The van der Waals surface area contributed by atoms with Gasteiger partial charge < -0.3 is 5.32 Å². The molecule has 19 heavy (non-hydrogen) atoms. The van der Waals surface area contributed by atoms with Crippen molar-refractivity contribution in [1.82, 2.24) is 10.3 Å². The molecule has 1 fully saturated rings. The Balaban J connectivity index is 1.92. The monoisotopic (exact) mass is 272 g/mol. The molecule has 3 rings (SSSR count). The Bertz CT molecular complexity index is 574. The number of halogens is 1. The van der Waals surface area contributed by atoms with E-state index in [2.05, 4.69) is 22.4 Å². The topological polar surface area (TPSA) is 24.9 Å². The summed E-state index contributed by atoms with van der Waals surface area (Å²) in [6.07, 6.45) is 4.52. The summed E-state index contributed by atoms with van der Waals surface area (Å²) in [4.78, 5) is 4.37. The van der Waals surface area contributed by atoms with E-state index in [1.54, 1.807) is 0 Å². The van der Waals surface area contributed by atoms with Crippen molar-refractivity contribution in [3.8, 4) is 11.1 Å². The maximum absolute atomic E-state index is 6.13. The van der Waals surface area contributed by atoms with Crippen LogP contribution in [0.3, 0.4) is 0 Å². The van der Waals surface area contributed by atoms with Crippen molar-refractivity contribution in [3.63, 3.8) is 0 Å². The van der Waals surface area contributed by atoms with E-state index in [-0.39, 0.29) is 0 Å². The van der Waals surface area contributed by atoms with Crippen molar-refractivity contribution >= 4 is 11.6 Å². The molecule has 0 atom stereocenters. The van der Waals surface area contributed by atoms with Crippen LogP contribution in [0.25, 0.3) is 11.1 Å². The maximum Gasteiger partial charge on any atom is 0.0412 e. The molecule has 1 aromatic heterocycles. The fraction of sp³-hybridized carbons (Fsp3) is 0.312. The first-order valence-electron chi connectivity index (χ1n) is 6.67. The van der Waals surface area contributed by atoms with Crippen LogP contribution < -0.4 is 5.32 Å². The SMILES string of the molecule is Cc1ccc(-c2cc(Cl)ccc2CNC2CC2)cn1. The van der Waals surface area contributed by atoms with Crippen molar-refractivity contribution < 1.29 is 0 Å². The first-order chi connectivity index (χ1) is 9.22. The van der Waals surface area contributed by atoms with Gasteiger partial charge in [0, 0.05) is 35.1 Å². The second-order valence-corrected chi connectivity index (χ2v) is 5.58. The minimum atomic E-state index is 0.708. The van der Waals surface area contributed by atoms with E-state index in [1.807, 2.05) is 31.3 Å². The number of hydrogen-bond donors (Lipinski definition) is 1. The summed E-state index contributed by atoms with van der Waals surface area (Å²) in [5.74, 6) is 0. The summed E-state index contributed by atoms with van der Waals surface area (Å²) in [6, 6.07) is 10.9. The molecule has 1 aliphatic rings. The fourth-order valence-electron chi connectivity index (χ4n) is 2.14. The normalized spacial score (nSPS) is 14.6. The number of rotatable bonds is 4. The van der Waals surface area contributed by atoms with Gasteiger partial charge in [-0.25, -0.2) is 0 Å². The maximum atomic E-state index is 6.13. The van der Waals surface area contributed by atoms with E-state index in [1.165, 1.54) is 24.0 Å². The molecular formula is C16H17ClN2. The van der Waals surface area contributed by atoms with Gasteiger partial charge in [0.2, 0.25) is 0 Å². The molecule has 1 aliphatic carbocycles. The molecule has 0 amide bonds. The summed E-state index contributed by atoms with van der Waals surface area (Å²) in [5, 5.41) is 4.32. The molecule has 0 radical (unpaired) electrons. The van der Waals surface area contributed by atoms with Crippen molar-refractivity contribution in [1.29, 1.82) is 0 Å². The first-order valence-corrected chi connectivity index (χ1v) is 7.05. The molecule has 0 aliphatic heterocycles. The van der Waals surface area contributed by atoms with Gasteiger partial charge in [-0.1, -0.05) is 23.7 Å². The lowest BCUT2D eigenvalue weighted by Crippen LogP contribution is -2.15. The lowest BCUT2D eigenvalue weighted by atomic mass is 10.0. The van der Waals surface area contributed by atoms with Crippen LogP contribution in [-0.2, 0) is 6.54 Å². The van der Waals surface area contributed by atoms with Crippen LogP contribution in [0.2, 0.25) is 5.02 Å². The number of nitrogens with zero attached hydrogens (tertiary/aromatic N) is 1. The minimum Gasteiger partial charge on any atom is -0.310 e. The third-order valence-electron chi connectivity index (χ3n) is 3.45. The Kier molecular flexibility index (Phi) is 3.54. The number of nitrogens with one attached hydrogen (secondary N) is 1. The number of benzene rings is 1. The molecule has 0 spiro atoms. The Morgan fingerprint density at radius 3 is 2.79 bits per heavy atom. The smallest absolute Gasteiger partial charge is 0.0412 e. The van der Waals surface area contributed by atoms with Crippen LogP contribution in [-0.4, -0.2) is 11.0 Å². The molecule has 2 aromatic rings. The molecule has 1 heterocycles. The highest BCUT2D eigenvalue weighted by Gasteiger charge is 2.20. The van der Waals surface area contributed by atoms with Crippen molar-refractivity contribution in [2.75, 3.05) is 0 Å². The lowest BCUT2D eigenvalue weighted by molar-refractivity contribution is 0.689. The van der Waals surface area contributed by atoms with E-state index < -0.39 is 0 Å². The summed E-state index contributed by atoms with van der Waals surface area (Å²) in [7, 11) is 0. The average molecular weight is 273 g/mol. The molecule has 2 nitrogen and oxygen atoms in total. The molecule has 1 aromatic carbocycles. The van der Waals surface area contributed by atoms with Crippen molar-refractivity contribution in [2.45, 2.75) is 32.4 Å². The molecule has 0 bridgehead atoms. The molecule has 0 saturated heterocycles. The zero-order valence-electron chi connectivity index (χ0n) is 11.0. The highest BCUT2D eigenvalue weighted by atomic mass is 35.5. The van der Waals surface area contributed by atoms with Gasteiger partial charge in [-0.05, 0) is 49.1 Å². The second kappa shape index (κ2) is 5.32. The van der Waals surface area contributed by atoms with E-state index >= 15 is 0 Å². The van der Waals surface area contributed by atoms with Gasteiger partial charge in [0.1, 0.15) is 0 Å². The molecule has 1 N–H and O–H groups in total. The Morgan fingerprint density at radius 1 is 1.26 bits per heavy atom. The third-order valence-corrected chi connectivity index (χ3v) is 3.69. The summed E-state index contributed by atoms with van der Waals surface area (Å²) in [5.41, 5.74) is 4.61. The summed E-state index contributed by atoms with van der Waals surface area (Å²) >= 11 is 6.13. The lowest BCUT2D eigenvalue weighted by Gasteiger charge is -2.11. The fourth-order valence-corrected chi connectivity index (χ4v) is 2.31. The molecule has 3 heteroatoms. The van der Waals surface area contributed by atoms with E-state index in [0.29, 0.717) is 6.04 Å². The number of pyridine rings is 1. The van der Waals surface area contributed by atoms with Crippen LogP contribution >= 0.6 is 11.6 Å². The van der Waals surface area contributed by atoms with Crippen molar-refractivity contribution in [3.05, 3.63) is 52.8 Å². The molecule has 98 valence electrons. The van der Waals surface area contributed by atoms with Crippen LogP contribution in [0.4, 0.5) is 0 Å². The summed E-state index contributed by atoms with van der Waals surface area (Å²) < 4.78 is 0. The molecule has 0 unspecified atom stereocenters.